The van der Waals surface area contributed by atoms with Crippen molar-refractivity contribution in [2.75, 3.05) is 6.61 Å². The topological polar surface area (TPSA) is 66.8 Å². The molecule has 56 valence electrons. The van der Waals surface area contributed by atoms with Gasteiger partial charge in [-0.25, -0.2) is 4.57 Å². The van der Waals surface area contributed by atoms with E-state index in [0.717, 1.165) is 0 Å². The fraction of sp³-hybridized carbons (Fsp3) is 1.00. The van der Waals surface area contributed by atoms with Crippen LogP contribution in [0.1, 0.15) is 6.92 Å². The molecule has 0 fully saturated rings. The Morgan fingerprint density at radius 1 is 1.89 bits per heavy atom. The molecule has 0 aromatic heterocycles. The van der Waals surface area contributed by atoms with Crippen LogP contribution in [-0.2, 0) is 9.09 Å². The molecule has 0 radical (unpaired) electrons. The summed E-state index contributed by atoms with van der Waals surface area (Å²) in [6.07, 6.45) is -0.774. The van der Waals surface area contributed by atoms with E-state index >= 15 is 0 Å². The molecule has 0 saturated carbocycles. The lowest BCUT2D eigenvalue weighted by molar-refractivity contribution is 0.117. The second-order valence-corrected chi connectivity index (χ2v) is 4.04. The van der Waals surface area contributed by atoms with E-state index in [0.29, 0.717) is 0 Å². The molecule has 9 heavy (non-hydrogen) atoms. The minimum absolute atomic E-state index is 0.225. The van der Waals surface area contributed by atoms with Crippen LogP contribution in [0.3, 0.4) is 0 Å². The van der Waals surface area contributed by atoms with Gasteiger partial charge in [0.1, 0.15) is 0 Å². The average Bonchev–Trinajstić information content (AvgIpc) is 1.59. The van der Waals surface area contributed by atoms with Gasteiger partial charge in [0.05, 0.1) is 12.7 Å². The van der Waals surface area contributed by atoms with Crippen molar-refractivity contribution in [3.8, 4) is 0 Å². The van der Waals surface area contributed by atoms with Crippen LogP contribution in [0, 0.1) is 0 Å². The summed E-state index contributed by atoms with van der Waals surface area (Å²) in [5, 5.41) is 8.50. The highest BCUT2D eigenvalue weighted by Gasteiger charge is 2.14. The van der Waals surface area contributed by atoms with Gasteiger partial charge in [0.25, 0.3) is 0 Å². The van der Waals surface area contributed by atoms with E-state index in [4.69, 9.17) is 21.2 Å². The summed E-state index contributed by atoms with van der Waals surface area (Å²) < 4.78 is 14.2. The third-order valence-electron chi connectivity index (χ3n) is 0.475. The molecule has 0 aliphatic heterocycles. The van der Waals surface area contributed by atoms with E-state index in [-0.39, 0.29) is 6.61 Å². The molecule has 0 aromatic rings. The number of hydrogen-bond donors (Lipinski definition) is 2. The monoisotopic (exact) mass is 174 g/mol. The molecule has 4 nitrogen and oxygen atoms in total. The highest BCUT2D eigenvalue weighted by molar-refractivity contribution is 7.80. The van der Waals surface area contributed by atoms with Crippen molar-refractivity contribution < 1.29 is 19.1 Å². The Hall–Kier alpha value is 0.400. The van der Waals surface area contributed by atoms with Gasteiger partial charge in [-0.05, 0) is 6.92 Å². The highest BCUT2D eigenvalue weighted by atomic mass is 35.7. The second kappa shape index (κ2) is 3.54. The Kier molecular flexibility index (Phi) is 3.70. The van der Waals surface area contributed by atoms with E-state index in [1.807, 2.05) is 0 Å². The van der Waals surface area contributed by atoms with Gasteiger partial charge in [-0.1, -0.05) is 0 Å². The molecule has 0 saturated heterocycles. The Morgan fingerprint density at radius 3 is 2.44 bits per heavy atom. The number of hydrogen-bond acceptors (Lipinski definition) is 3. The predicted octanol–water partition coefficient (Wildman–Crippen LogP) is 0.723. The summed E-state index contributed by atoms with van der Waals surface area (Å²) in [4.78, 5) is 8.25. The van der Waals surface area contributed by atoms with Crippen LogP contribution < -0.4 is 0 Å². The summed E-state index contributed by atoms with van der Waals surface area (Å²) in [6, 6.07) is 0. The van der Waals surface area contributed by atoms with Crippen LogP contribution in [0.4, 0.5) is 0 Å². The first-order chi connectivity index (χ1) is 3.92. The molecule has 0 aromatic carbocycles. The Labute approximate surface area is 57.7 Å². The number of aliphatic hydroxyl groups excluding tert-OH is 1. The van der Waals surface area contributed by atoms with Crippen molar-refractivity contribution in [1.82, 2.24) is 0 Å². The van der Waals surface area contributed by atoms with Crippen molar-refractivity contribution in [1.29, 1.82) is 0 Å². The third-order valence-corrected chi connectivity index (χ3v) is 1.24. The van der Waals surface area contributed by atoms with Gasteiger partial charge in [-0.3, -0.25) is 4.52 Å². The molecule has 0 aliphatic rings. The van der Waals surface area contributed by atoms with Gasteiger partial charge in [-0.15, -0.1) is 0 Å². The molecule has 2 atom stereocenters. The summed E-state index contributed by atoms with van der Waals surface area (Å²) in [6.45, 7) is -2.71. The molecule has 0 heterocycles. The lowest BCUT2D eigenvalue weighted by atomic mass is 10.5. The normalized spacial score (nSPS) is 20.9. The molecule has 0 amide bonds. The molecule has 6 heteroatoms. The van der Waals surface area contributed by atoms with E-state index < -0.39 is 13.1 Å². The van der Waals surface area contributed by atoms with Crippen LogP contribution >= 0.6 is 18.2 Å². The van der Waals surface area contributed by atoms with Gasteiger partial charge < -0.3 is 10.00 Å². The Balaban J connectivity index is 3.40. The van der Waals surface area contributed by atoms with Crippen LogP contribution in [0.2, 0.25) is 0 Å². The summed E-state index contributed by atoms with van der Waals surface area (Å²) >= 11 is 4.76. The smallest absolute Gasteiger partial charge is 0.391 e. The number of aliphatic hydroxyl groups is 1. The maximum absolute atomic E-state index is 10.1. The SMILES string of the molecule is CC(O)COP(=O)(O)Cl. The highest BCUT2D eigenvalue weighted by Crippen LogP contribution is 2.47. The van der Waals surface area contributed by atoms with Gasteiger partial charge in [-0.2, -0.15) is 0 Å². The zero-order valence-electron chi connectivity index (χ0n) is 4.82. The molecule has 2 N–H and O–H groups in total. The first-order valence-electron chi connectivity index (χ1n) is 2.27. The predicted molar refractivity (Wildman–Crippen MR) is 33.3 cm³/mol. The zero-order valence-corrected chi connectivity index (χ0v) is 6.47. The van der Waals surface area contributed by atoms with E-state index in [1.54, 1.807) is 0 Å². The minimum atomic E-state index is -3.91. The van der Waals surface area contributed by atoms with Gasteiger partial charge in [0, 0.05) is 11.2 Å². The van der Waals surface area contributed by atoms with Crippen LogP contribution in [-0.4, -0.2) is 22.7 Å². The number of rotatable bonds is 3. The first kappa shape index (κ1) is 9.40. The molecular formula is C3H8ClO4P. The minimum Gasteiger partial charge on any atom is -0.391 e. The van der Waals surface area contributed by atoms with Crippen molar-refractivity contribution in [2.45, 2.75) is 13.0 Å². The fourth-order valence-electron chi connectivity index (χ4n) is 0.200. The quantitative estimate of drug-likeness (QED) is 0.619. The van der Waals surface area contributed by atoms with Crippen molar-refractivity contribution in [2.24, 2.45) is 0 Å². The largest absolute Gasteiger partial charge is 0.421 e. The first-order valence-corrected chi connectivity index (χ1v) is 4.75. The lowest BCUT2D eigenvalue weighted by Gasteiger charge is -2.05. The van der Waals surface area contributed by atoms with Crippen LogP contribution in [0.5, 0.6) is 0 Å². The molecule has 0 bridgehead atoms. The van der Waals surface area contributed by atoms with Crippen molar-refractivity contribution in [3.05, 3.63) is 0 Å². The van der Waals surface area contributed by atoms with E-state index in [1.165, 1.54) is 6.92 Å². The van der Waals surface area contributed by atoms with Gasteiger partial charge in [0.2, 0.25) is 0 Å². The zero-order chi connectivity index (χ0) is 7.49. The maximum atomic E-state index is 10.1. The molecule has 0 spiro atoms. The maximum Gasteiger partial charge on any atom is 0.421 e. The van der Waals surface area contributed by atoms with Gasteiger partial charge >= 0.3 is 6.95 Å². The molecule has 0 rings (SSSR count). The molecule has 2 unspecified atom stereocenters. The molecule has 0 aliphatic carbocycles. The number of halogens is 1. The van der Waals surface area contributed by atoms with Crippen molar-refractivity contribution >= 4 is 18.2 Å². The van der Waals surface area contributed by atoms with E-state index in [9.17, 15) is 4.57 Å². The third kappa shape index (κ3) is 8.40. The van der Waals surface area contributed by atoms with Crippen molar-refractivity contribution in [3.63, 3.8) is 0 Å². The fourth-order valence-corrected chi connectivity index (χ4v) is 0.768. The second-order valence-electron chi connectivity index (χ2n) is 1.60. The average molecular weight is 175 g/mol. The standard InChI is InChI=1S/C3H8ClO4P/c1-3(5)2-8-9(4,6)7/h3,5H,2H2,1H3,(H,6,7). The van der Waals surface area contributed by atoms with E-state index in [2.05, 4.69) is 4.52 Å². The Bertz CT molecular complexity index is 119. The summed E-state index contributed by atoms with van der Waals surface area (Å²) in [5.74, 6) is 0. The van der Waals surface area contributed by atoms with Crippen LogP contribution in [0.15, 0.2) is 0 Å². The summed E-state index contributed by atoms with van der Waals surface area (Å²) in [5.41, 5.74) is 0. The van der Waals surface area contributed by atoms with Crippen LogP contribution in [0.25, 0.3) is 0 Å². The Morgan fingerprint density at radius 2 is 2.33 bits per heavy atom. The summed E-state index contributed by atoms with van der Waals surface area (Å²) in [7, 11) is 0. The lowest BCUT2D eigenvalue weighted by Crippen LogP contribution is -2.07. The van der Waals surface area contributed by atoms with Gasteiger partial charge in [0.15, 0.2) is 0 Å². The molecular weight excluding hydrogens is 166 g/mol.